The van der Waals surface area contributed by atoms with Gasteiger partial charge < -0.3 is 9.47 Å². The van der Waals surface area contributed by atoms with Crippen molar-refractivity contribution in [3.63, 3.8) is 0 Å². The van der Waals surface area contributed by atoms with Crippen molar-refractivity contribution in [2.24, 2.45) is 0 Å². The van der Waals surface area contributed by atoms with Gasteiger partial charge in [0.1, 0.15) is 23.0 Å². The maximum atomic E-state index is 5.98. The number of benzene rings is 5. The molecule has 5 rings (SSSR count). The molecule has 0 spiro atoms. The van der Waals surface area contributed by atoms with Gasteiger partial charge in [0.2, 0.25) is 0 Å². The van der Waals surface area contributed by atoms with Crippen LogP contribution in [0.1, 0.15) is 0 Å². The van der Waals surface area contributed by atoms with E-state index in [-0.39, 0.29) is 0 Å². The molecule has 0 saturated carbocycles. The minimum atomic E-state index is 0.826. The molecule has 154 valence electrons. The van der Waals surface area contributed by atoms with Gasteiger partial charge in [-0.3, -0.25) is 0 Å². The molecule has 0 heterocycles. The molecule has 32 heavy (non-hydrogen) atoms. The molecule has 0 aromatic heterocycles. The summed E-state index contributed by atoms with van der Waals surface area (Å²) in [6.07, 6.45) is 0. The predicted molar refractivity (Wildman–Crippen MR) is 130 cm³/mol. The minimum Gasteiger partial charge on any atom is -0.457 e. The standard InChI is InChI=1S/C30H22O2/c1-3-9-27(10-4-1)31-29-20-18-24(19-21-29)23-14-16-25(17-15-23)26-8-7-13-30(22-26)32-28-11-5-2-6-12-28/h1-22H. The highest BCUT2D eigenvalue weighted by atomic mass is 16.5. The van der Waals surface area contributed by atoms with Gasteiger partial charge in [0.25, 0.3) is 0 Å². The molecule has 0 amide bonds. The summed E-state index contributed by atoms with van der Waals surface area (Å²) in [5.41, 5.74) is 4.59. The number of hydrogen-bond acceptors (Lipinski definition) is 2. The monoisotopic (exact) mass is 414 g/mol. The second-order valence-corrected chi connectivity index (χ2v) is 7.46. The highest BCUT2D eigenvalue weighted by Gasteiger charge is 2.04. The topological polar surface area (TPSA) is 18.5 Å². The van der Waals surface area contributed by atoms with Crippen LogP contribution in [0.25, 0.3) is 22.3 Å². The molecule has 2 nitrogen and oxygen atoms in total. The average Bonchev–Trinajstić information content (AvgIpc) is 2.86. The van der Waals surface area contributed by atoms with Crippen LogP contribution in [0.5, 0.6) is 23.0 Å². The molecule has 0 radical (unpaired) electrons. The van der Waals surface area contributed by atoms with Gasteiger partial charge >= 0.3 is 0 Å². The van der Waals surface area contributed by atoms with E-state index in [1.165, 1.54) is 0 Å². The van der Waals surface area contributed by atoms with Gasteiger partial charge in [-0.15, -0.1) is 0 Å². The summed E-state index contributed by atoms with van der Waals surface area (Å²) in [6, 6.07) is 44.6. The first kappa shape index (κ1) is 19.7. The molecule has 5 aromatic rings. The molecule has 0 aliphatic heterocycles. The van der Waals surface area contributed by atoms with Crippen molar-refractivity contribution in [1.29, 1.82) is 0 Å². The van der Waals surface area contributed by atoms with Crippen LogP contribution in [-0.4, -0.2) is 0 Å². The summed E-state index contributed by atoms with van der Waals surface area (Å²) >= 11 is 0. The van der Waals surface area contributed by atoms with Gasteiger partial charge in [-0.05, 0) is 70.8 Å². The van der Waals surface area contributed by atoms with Crippen LogP contribution in [0, 0.1) is 0 Å². The number of para-hydroxylation sites is 2. The normalized spacial score (nSPS) is 10.5. The van der Waals surface area contributed by atoms with E-state index in [1.807, 2.05) is 84.9 Å². The third-order valence-corrected chi connectivity index (χ3v) is 5.20. The molecule has 5 aromatic carbocycles. The number of rotatable bonds is 6. The SMILES string of the molecule is c1ccc(Oc2ccc(-c3ccc(-c4cccc(Oc5ccccc5)c4)cc3)cc2)cc1. The quantitative estimate of drug-likeness (QED) is 0.277. The van der Waals surface area contributed by atoms with Gasteiger partial charge in [-0.1, -0.05) is 84.9 Å². The van der Waals surface area contributed by atoms with Crippen molar-refractivity contribution in [3.8, 4) is 45.3 Å². The Bertz CT molecular complexity index is 1280. The largest absolute Gasteiger partial charge is 0.457 e. The van der Waals surface area contributed by atoms with Gasteiger partial charge in [-0.2, -0.15) is 0 Å². The fraction of sp³-hybridized carbons (Fsp3) is 0. The Morgan fingerprint density at radius 2 is 0.688 bits per heavy atom. The van der Waals surface area contributed by atoms with Crippen LogP contribution in [0.2, 0.25) is 0 Å². The lowest BCUT2D eigenvalue weighted by Gasteiger charge is -2.09. The molecule has 0 aliphatic rings. The van der Waals surface area contributed by atoms with E-state index in [0.717, 1.165) is 45.3 Å². The van der Waals surface area contributed by atoms with Crippen molar-refractivity contribution in [2.75, 3.05) is 0 Å². The Morgan fingerprint density at radius 3 is 1.25 bits per heavy atom. The zero-order valence-electron chi connectivity index (χ0n) is 17.5. The third kappa shape index (κ3) is 4.71. The first-order valence-corrected chi connectivity index (χ1v) is 10.6. The van der Waals surface area contributed by atoms with E-state index >= 15 is 0 Å². The lowest BCUT2D eigenvalue weighted by Crippen LogP contribution is -1.86. The van der Waals surface area contributed by atoms with Gasteiger partial charge in [0.15, 0.2) is 0 Å². The minimum absolute atomic E-state index is 0.826. The van der Waals surface area contributed by atoms with E-state index in [0.29, 0.717) is 0 Å². The number of ether oxygens (including phenoxy) is 2. The molecule has 0 aliphatic carbocycles. The highest BCUT2D eigenvalue weighted by Crippen LogP contribution is 2.30. The van der Waals surface area contributed by atoms with Crippen molar-refractivity contribution in [1.82, 2.24) is 0 Å². The fourth-order valence-corrected chi connectivity index (χ4v) is 3.56. The molecule has 0 N–H and O–H groups in total. The first-order valence-electron chi connectivity index (χ1n) is 10.6. The van der Waals surface area contributed by atoms with E-state index in [4.69, 9.17) is 9.47 Å². The van der Waals surface area contributed by atoms with Crippen molar-refractivity contribution in [3.05, 3.63) is 133 Å². The Morgan fingerprint density at radius 1 is 0.281 bits per heavy atom. The summed E-state index contributed by atoms with van der Waals surface area (Å²) in [4.78, 5) is 0. The summed E-state index contributed by atoms with van der Waals surface area (Å²) in [5, 5.41) is 0. The van der Waals surface area contributed by atoms with E-state index < -0.39 is 0 Å². The van der Waals surface area contributed by atoms with E-state index in [9.17, 15) is 0 Å². The lowest BCUT2D eigenvalue weighted by atomic mass is 10.00. The predicted octanol–water partition coefficient (Wildman–Crippen LogP) is 8.61. The van der Waals surface area contributed by atoms with Crippen molar-refractivity contribution >= 4 is 0 Å². The molecular formula is C30H22O2. The van der Waals surface area contributed by atoms with Crippen LogP contribution in [0.3, 0.4) is 0 Å². The fourth-order valence-electron chi connectivity index (χ4n) is 3.56. The van der Waals surface area contributed by atoms with Crippen LogP contribution in [0.15, 0.2) is 133 Å². The average molecular weight is 415 g/mol. The van der Waals surface area contributed by atoms with Crippen molar-refractivity contribution in [2.45, 2.75) is 0 Å². The molecule has 0 atom stereocenters. The third-order valence-electron chi connectivity index (χ3n) is 5.20. The Balaban J connectivity index is 1.30. The van der Waals surface area contributed by atoms with Gasteiger partial charge in [-0.25, -0.2) is 0 Å². The lowest BCUT2D eigenvalue weighted by molar-refractivity contribution is 0.482. The van der Waals surface area contributed by atoms with Gasteiger partial charge in [0, 0.05) is 0 Å². The molecule has 0 saturated heterocycles. The maximum Gasteiger partial charge on any atom is 0.128 e. The van der Waals surface area contributed by atoms with Crippen molar-refractivity contribution < 1.29 is 9.47 Å². The van der Waals surface area contributed by atoms with Gasteiger partial charge in [0.05, 0.1) is 0 Å². The summed E-state index contributed by atoms with van der Waals surface area (Å²) in [7, 11) is 0. The molecule has 0 bridgehead atoms. The van der Waals surface area contributed by atoms with E-state index in [2.05, 4.69) is 48.5 Å². The maximum absolute atomic E-state index is 5.98. The Labute approximate surface area is 188 Å². The zero-order valence-corrected chi connectivity index (χ0v) is 17.5. The summed E-state index contributed by atoms with van der Waals surface area (Å²) in [6.45, 7) is 0. The summed E-state index contributed by atoms with van der Waals surface area (Å²) < 4.78 is 11.9. The van der Waals surface area contributed by atoms with Crippen LogP contribution in [0.4, 0.5) is 0 Å². The smallest absolute Gasteiger partial charge is 0.128 e. The zero-order chi connectivity index (χ0) is 21.6. The molecule has 0 fully saturated rings. The molecule has 2 heteroatoms. The molecular weight excluding hydrogens is 392 g/mol. The highest BCUT2D eigenvalue weighted by molar-refractivity contribution is 5.71. The summed E-state index contributed by atoms with van der Waals surface area (Å²) in [5.74, 6) is 3.32. The molecule has 0 unspecified atom stereocenters. The Hall–Kier alpha value is -4.30. The number of hydrogen-bond donors (Lipinski definition) is 0. The van der Waals surface area contributed by atoms with Crippen LogP contribution < -0.4 is 9.47 Å². The second-order valence-electron chi connectivity index (χ2n) is 7.46. The second kappa shape index (κ2) is 9.23. The van der Waals surface area contributed by atoms with Crippen LogP contribution >= 0.6 is 0 Å². The first-order chi connectivity index (χ1) is 15.8. The Kier molecular flexibility index (Phi) is 5.67. The van der Waals surface area contributed by atoms with E-state index in [1.54, 1.807) is 0 Å². The van der Waals surface area contributed by atoms with Crippen LogP contribution in [-0.2, 0) is 0 Å².